The lowest BCUT2D eigenvalue weighted by Crippen LogP contribution is -2.04. The molecule has 0 aromatic carbocycles. The van der Waals surface area contributed by atoms with Gasteiger partial charge in [-0.25, -0.2) is 0 Å². The summed E-state index contributed by atoms with van der Waals surface area (Å²) in [6.07, 6.45) is 2.75. The highest BCUT2D eigenvalue weighted by Crippen LogP contribution is 1.83. The molecule has 0 fully saturated rings. The van der Waals surface area contributed by atoms with Crippen molar-refractivity contribution in [2.45, 2.75) is 26.7 Å². The molecule has 0 aliphatic heterocycles. The molecule has 0 aliphatic rings. The minimum absolute atomic E-state index is 0.191. The molecule has 12 heavy (non-hydrogen) atoms. The van der Waals surface area contributed by atoms with Gasteiger partial charge in [0.05, 0.1) is 6.21 Å². The van der Waals surface area contributed by atoms with Gasteiger partial charge in [0.1, 0.15) is 13.2 Å². The lowest BCUT2D eigenvalue weighted by Gasteiger charge is -1.97. The average molecular weight is 173 g/mol. The first kappa shape index (κ1) is 10.9. The summed E-state index contributed by atoms with van der Waals surface area (Å²) in [6.45, 7) is 4.52. The highest BCUT2D eigenvalue weighted by atomic mass is 16.6. The first-order valence-corrected chi connectivity index (χ1v) is 4.10. The van der Waals surface area contributed by atoms with E-state index in [4.69, 9.17) is 9.57 Å². The normalized spacial score (nSPS) is 10.2. The van der Waals surface area contributed by atoms with Gasteiger partial charge in [0.15, 0.2) is 0 Å². The Morgan fingerprint density at radius 3 is 2.83 bits per heavy atom. The van der Waals surface area contributed by atoms with Crippen LogP contribution in [0.25, 0.3) is 0 Å². The van der Waals surface area contributed by atoms with Gasteiger partial charge in [-0.1, -0.05) is 19.0 Å². The first-order valence-electron chi connectivity index (χ1n) is 4.10. The Bertz CT molecular complexity index is 145. The van der Waals surface area contributed by atoms with Crippen LogP contribution in [0.4, 0.5) is 0 Å². The van der Waals surface area contributed by atoms with Gasteiger partial charge >= 0.3 is 5.97 Å². The predicted molar refractivity (Wildman–Crippen MR) is 46.0 cm³/mol. The van der Waals surface area contributed by atoms with Crippen molar-refractivity contribution in [2.75, 3.05) is 13.2 Å². The summed E-state index contributed by atoms with van der Waals surface area (Å²) in [6, 6.07) is 0. The quantitative estimate of drug-likeness (QED) is 0.263. The van der Waals surface area contributed by atoms with Crippen LogP contribution in [0.5, 0.6) is 0 Å². The van der Waals surface area contributed by atoms with Gasteiger partial charge in [-0.3, -0.25) is 4.79 Å². The molecule has 0 saturated carbocycles. The zero-order chi connectivity index (χ0) is 9.23. The van der Waals surface area contributed by atoms with E-state index in [1.165, 1.54) is 6.21 Å². The monoisotopic (exact) mass is 173 g/mol. The molecular formula is C8H15NO3. The second-order valence-corrected chi connectivity index (χ2v) is 2.16. The van der Waals surface area contributed by atoms with E-state index in [1.807, 2.05) is 6.92 Å². The maximum absolute atomic E-state index is 10.6. The van der Waals surface area contributed by atoms with Crippen LogP contribution in [0.15, 0.2) is 5.16 Å². The highest BCUT2D eigenvalue weighted by Gasteiger charge is 1.93. The number of carbonyl (C=O) groups is 1. The molecule has 4 heteroatoms. The summed E-state index contributed by atoms with van der Waals surface area (Å²) in [5.74, 6) is -0.225. The van der Waals surface area contributed by atoms with Crippen LogP contribution in [0, 0.1) is 0 Å². The number of nitrogens with zero attached hydrogens (tertiary/aromatic N) is 1. The molecule has 0 saturated heterocycles. The van der Waals surface area contributed by atoms with E-state index in [0.29, 0.717) is 13.0 Å². The minimum Gasteiger partial charge on any atom is -0.460 e. The van der Waals surface area contributed by atoms with E-state index in [-0.39, 0.29) is 12.6 Å². The van der Waals surface area contributed by atoms with Gasteiger partial charge in [0, 0.05) is 6.42 Å². The molecule has 0 atom stereocenters. The van der Waals surface area contributed by atoms with Crippen molar-refractivity contribution >= 4 is 12.2 Å². The van der Waals surface area contributed by atoms with E-state index < -0.39 is 0 Å². The standard InChI is InChI=1S/C8H15NO3/c1-3-6-12-9-5-7-11-8(10)4-2/h5H,3-4,6-7H2,1-2H3. The zero-order valence-corrected chi connectivity index (χ0v) is 7.58. The molecule has 0 bridgehead atoms. The van der Waals surface area contributed by atoms with Gasteiger partial charge in [0.2, 0.25) is 0 Å². The van der Waals surface area contributed by atoms with Gasteiger partial charge in [-0.05, 0) is 6.42 Å². The SMILES string of the molecule is CCCON=CCOC(=O)CC. The Morgan fingerprint density at radius 2 is 2.25 bits per heavy atom. The van der Waals surface area contributed by atoms with E-state index in [9.17, 15) is 4.79 Å². The summed E-state index contributed by atoms with van der Waals surface area (Å²) in [5.41, 5.74) is 0. The minimum atomic E-state index is -0.225. The number of hydrogen-bond acceptors (Lipinski definition) is 4. The topological polar surface area (TPSA) is 47.9 Å². The fraction of sp³-hybridized carbons (Fsp3) is 0.750. The predicted octanol–water partition coefficient (Wildman–Crippen LogP) is 1.35. The number of oxime groups is 1. The molecule has 0 N–H and O–H groups in total. The van der Waals surface area contributed by atoms with Crippen LogP contribution in [0.2, 0.25) is 0 Å². The summed E-state index contributed by atoms with van der Waals surface area (Å²) in [7, 11) is 0. The van der Waals surface area contributed by atoms with Crippen molar-refractivity contribution < 1.29 is 14.4 Å². The summed E-state index contributed by atoms with van der Waals surface area (Å²) in [5, 5.41) is 3.57. The smallest absolute Gasteiger partial charge is 0.305 e. The molecule has 0 radical (unpaired) electrons. The Labute approximate surface area is 72.5 Å². The van der Waals surface area contributed by atoms with Crippen LogP contribution in [0.3, 0.4) is 0 Å². The van der Waals surface area contributed by atoms with Crippen LogP contribution in [-0.2, 0) is 14.4 Å². The molecule has 0 aliphatic carbocycles. The Kier molecular flexibility index (Phi) is 7.33. The van der Waals surface area contributed by atoms with Crippen molar-refractivity contribution in [1.29, 1.82) is 0 Å². The molecule has 70 valence electrons. The third kappa shape index (κ3) is 7.05. The molecule has 0 spiro atoms. The van der Waals surface area contributed by atoms with Crippen molar-refractivity contribution in [2.24, 2.45) is 5.16 Å². The van der Waals surface area contributed by atoms with E-state index >= 15 is 0 Å². The number of rotatable bonds is 6. The van der Waals surface area contributed by atoms with E-state index in [2.05, 4.69) is 5.16 Å². The number of esters is 1. The third-order valence-electron chi connectivity index (χ3n) is 1.05. The van der Waals surface area contributed by atoms with Gasteiger partial charge in [-0.15, -0.1) is 0 Å². The van der Waals surface area contributed by atoms with Crippen molar-refractivity contribution in [3.63, 3.8) is 0 Å². The van der Waals surface area contributed by atoms with Crippen LogP contribution >= 0.6 is 0 Å². The zero-order valence-electron chi connectivity index (χ0n) is 7.58. The van der Waals surface area contributed by atoms with Crippen molar-refractivity contribution in [3.05, 3.63) is 0 Å². The molecule has 0 amide bonds. The molecule has 0 aromatic heterocycles. The molecular weight excluding hydrogens is 158 g/mol. The van der Waals surface area contributed by atoms with Crippen LogP contribution < -0.4 is 0 Å². The van der Waals surface area contributed by atoms with Crippen LogP contribution in [-0.4, -0.2) is 25.4 Å². The summed E-state index contributed by atoms with van der Waals surface area (Å²) >= 11 is 0. The average Bonchev–Trinajstić information content (AvgIpc) is 2.10. The molecule has 0 unspecified atom stereocenters. The summed E-state index contributed by atoms with van der Waals surface area (Å²) in [4.78, 5) is 15.4. The first-order chi connectivity index (χ1) is 5.81. The van der Waals surface area contributed by atoms with E-state index in [1.54, 1.807) is 6.92 Å². The summed E-state index contributed by atoms with van der Waals surface area (Å²) < 4.78 is 4.70. The molecule has 4 nitrogen and oxygen atoms in total. The number of ether oxygens (including phenoxy) is 1. The van der Waals surface area contributed by atoms with Crippen LogP contribution in [0.1, 0.15) is 26.7 Å². The maximum atomic E-state index is 10.6. The number of hydrogen-bond donors (Lipinski definition) is 0. The fourth-order valence-corrected chi connectivity index (χ4v) is 0.459. The highest BCUT2D eigenvalue weighted by molar-refractivity contribution is 5.71. The lowest BCUT2D eigenvalue weighted by molar-refractivity contribution is -0.141. The van der Waals surface area contributed by atoms with Gasteiger partial charge in [-0.2, -0.15) is 0 Å². The molecule has 0 heterocycles. The van der Waals surface area contributed by atoms with Crippen molar-refractivity contribution in [1.82, 2.24) is 0 Å². The Morgan fingerprint density at radius 1 is 1.50 bits per heavy atom. The lowest BCUT2D eigenvalue weighted by atomic mass is 10.5. The fourth-order valence-electron chi connectivity index (χ4n) is 0.459. The second-order valence-electron chi connectivity index (χ2n) is 2.16. The molecule has 0 rings (SSSR count). The third-order valence-corrected chi connectivity index (χ3v) is 1.05. The van der Waals surface area contributed by atoms with Crippen molar-refractivity contribution in [3.8, 4) is 0 Å². The van der Waals surface area contributed by atoms with Gasteiger partial charge in [0.25, 0.3) is 0 Å². The Hall–Kier alpha value is -1.06. The van der Waals surface area contributed by atoms with E-state index in [0.717, 1.165) is 6.42 Å². The molecule has 0 aromatic rings. The largest absolute Gasteiger partial charge is 0.460 e. The Balaban J connectivity index is 3.18. The van der Waals surface area contributed by atoms with Gasteiger partial charge < -0.3 is 9.57 Å². The second kappa shape index (κ2) is 8.04. The number of carbonyl (C=O) groups excluding carboxylic acids is 1. The maximum Gasteiger partial charge on any atom is 0.305 e.